The van der Waals surface area contributed by atoms with E-state index in [0.717, 1.165) is 47.1 Å². The number of hydrogen-bond donors (Lipinski definition) is 1. The summed E-state index contributed by atoms with van der Waals surface area (Å²) in [5, 5.41) is 3.32. The second kappa shape index (κ2) is 10.0. The van der Waals surface area contributed by atoms with E-state index in [4.69, 9.17) is 9.47 Å². The Hall–Kier alpha value is -2.21. The summed E-state index contributed by atoms with van der Waals surface area (Å²) in [6, 6.07) is 7.68. The van der Waals surface area contributed by atoms with Crippen molar-refractivity contribution < 1.29 is 19.1 Å². The summed E-state index contributed by atoms with van der Waals surface area (Å²) in [5.41, 5.74) is 3.86. The number of allylic oxidation sites excluding steroid dienone is 3. The first-order chi connectivity index (χ1) is 14.1. The molecular formula is C23H29NO4S. The standard InChI is InChI=1S/C23H29NO4S/c1-4-27-17-11-9-16(10-12-17)21-20(23(26)28-13-14-29-5-2)15(3)24-18-7-6-8-19(25)22(18)21/h9-12,21,24H,4-8,13-14H2,1-3H3/t21-/m1/s1. The summed E-state index contributed by atoms with van der Waals surface area (Å²) in [6.45, 7) is 6.86. The van der Waals surface area contributed by atoms with Crippen LogP contribution >= 0.6 is 11.8 Å². The van der Waals surface area contributed by atoms with Crippen molar-refractivity contribution in [3.8, 4) is 5.75 Å². The predicted molar refractivity (Wildman–Crippen MR) is 116 cm³/mol. The fourth-order valence-corrected chi connectivity index (χ4v) is 4.42. The third-order valence-corrected chi connectivity index (χ3v) is 6.05. The maximum atomic E-state index is 13.0. The molecule has 0 radical (unpaired) electrons. The number of esters is 1. The Bertz CT molecular complexity index is 826. The Labute approximate surface area is 176 Å². The van der Waals surface area contributed by atoms with E-state index in [1.165, 1.54) is 0 Å². The van der Waals surface area contributed by atoms with E-state index in [1.807, 2.05) is 38.1 Å². The highest BCUT2D eigenvalue weighted by molar-refractivity contribution is 7.99. The van der Waals surface area contributed by atoms with E-state index in [9.17, 15) is 9.59 Å². The lowest BCUT2D eigenvalue weighted by Crippen LogP contribution is -2.34. The first-order valence-electron chi connectivity index (χ1n) is 10.3. The van der Waals surface area contributed by atoms with Crippen LogP contribution in [0.15, 0.2) is 46.8 Å². The van der Waals surface area contributed by atoms with Gasteiger partial charge in [0.1, 0.15) is 12.4 Å². The molecule has 1 aromatic carbocycles. The van der Waals surface area contributed by atoms with Gasteiger partial charge in [0, 0.05) is 35.1 Å². The lowest BCUT2D eigenvalue weighted by Gasteiger charge is -2.34. The van der Waals surface area contributed by atoms with Crippen LogP contribution in [0, 0.1) is 0 Å². The van der Waals surface area contributed by atoms with Crippen LogP contribution in [0.3, 0.4) is 0 Å². The summed E-state index contributed by atoms with van der Waals surface area (Å²) in [6.07, 6.45) is 2.17. The Morgan fingerprint density at radius 3 is 2.66 bits per heavy atom. The fourth-order valence-electron chi connectivity index (χ4n) is 3.93. The maximum absolute atomic E-state index is 13.0. The van der Waals surface area contributed by atoms with E-state index in [1.54, 1.807) is 11.8 Å². The largest absolute Gasteiger partial charge is 0.494 e. The van der Waals surface area contributed by atoms with Gasteiger partial charge in [-0.1, -0.05) is 19.1 Å². The van der Waals surface area contributed by atoms with Gasteiger partial charge < -0.3 is 14.8 Å². The van der Waals surface area contributed by atoms with Gasteiger partial charge in [-0.25, -0.2) is 4.79 Å². The highest BCUT2D eigenvalue weighted by atomic mass is 32.2. The number of ketones is 1. The number of ether oxygens (including phenoxy) is 2. The quantitative estimate of drug-likeness (QED) is 0.503. The van der Waals surface area contributed by atoms with Gasteiger partial charge >= 0.3 is 5.97 Å². The number of dihydropyridines is 1. The van der Waals surface area contributed by atoms with E-state index < -0.39 is 5.92 Å². The van der Waals surface area contributed by atoms with Crippen LogP contribution in [0.4, 0.5) is 0 Å². The van der Waals surface area contributed by atoms with Gasteiger partial charge in [-0.3, -0.25) is 4.79 Å². The SMILES string of the molecule is CCOc1ccc([C@@H]2C(C(=O)OCCSCC)=C(C)NC3=C2C(=O)CCC3)cc1. The van der Waals surface area contributed by atoms with Gasteiger partial charge in [-0.15, -0.1) is 0 Å². The molecule has 0 fully saturated rings. The highest BCUT2D eigenvalue weighted by Crippen LogP contribution is 2.42. The number of Topliss-reactive ketones (excluding diaryl/α,β-unsaturated/α-hetero) is 1. The molecule has 0 amide bonds. The first kappa shape index (κ1) is 21.5. The minimum atomic E-state index is -0.402. The van der Waals surface area contributed by atoms with E-state index in [-0.39, 0.29) is 11.8 Å². The molecule has 0 spiro atoms. The third kappa shape index (κ3) is 4.86. The Balaban J connectivity index is 1.96. The van der Waals surface area contributed by atoms with Crippen molar-refractivity contribution in [2.45, 2.75) is 46.0 Å². The van der Waals surface area contributed by atoms with E-state index in [2.05, 4.69) is 12.2 Å². The Morgan fingerprint density at radius 1 is 1.21 bits per heavy atom. The molecule has 1 aliphatic carbocycles. The molecule has 6 heteroatoms. The average molecular weight is 416 g/mol. The summed E-state index contributed by atoms with van der Waals surface area (Å²) in [5.74, 6) is 1.88. The maximum Gasteiger partial charge on any atom is 0.336 e. The van der Waals surface area contributed by atoms with E-state index in [0.29, 0.717) is 30.8 Å². The molecule has 1 heterocycles. The van der Waals surface area contributed by atoms with E-state index >= 15 is 0 Å². The molecule has 0 saturated carbocycles. The molecule has 1 N–H and O–H groups in total. The summed E-state index contributed by atoms with van der Waals surface area (Å²) in [7, 11) is 0. The summed E-state index contributed by atoms with van der Waals surface area (Å²) >= 11 is 1.73. The summed E-state index contributed by atoms with van der Waals surface area (Å²) < 4.78 is 11.1. The molecule has 0 aromatic heterocycles. The number of hydrogen-bond acceptors (Lipinski definition) is 6. The van der Waals surface area contributed by atoms with Crippen LogP contribution < -0.4 is 10.1 Å². The molecule has 3 rings (SSSR count). The number of thioether (sulfide) groups is 1. The Kier molecular flexibility index (Phi) is 7.42. The molecule has 0 saturated heterocycles. The van der Waals surface area contributed by atoms with Crippen LogP contribution in [0.25, 0.3) is 0 Å². The van der Waals surface area contributed by atoms with Crippen molar-refractivity contribution in [1.82, 2.24) is 5.32 Å². The lowest BCUT2D eigenvalue weighted by molar-refractivity contribution is -0.138. The van der Waals surface area contributed by atoms with Gasteiger partial charge in [0.15, 0.2) is 5.78 Å². The van der Waals surface area contributed by atoms with Crippen molar-refractivity contribution in [3.63, 3.8) is 0 Å². The number of rotatable bonds is 8. The summed E-state index contributed by atoms with van der Waals surface area (Å²) in [4.78, 5) is 25.9. The van der Waals surface area contributed by atoms with Crippen molar-refractivity contribution >= 4 is 23.5 Å². The lowest BCUT2D eigenvalue weighted by atomic mass is 9.75. The van der Waals surface area contributed by atoms with Crippen molar-refractivity contribution in [2.24, 2.45) is 0 Å². The van der Waals surface area contributed by atoms with Gasteiger partial charge in [-0.05, 0) is 50.1 Å². The smallest absolute Gasteiger partial charge is 0.336 e. The zero-order valence-electron chi connectivity index (χ0n) is 17.4. The molecule has 0 bridgehead atoms. The average Bonchev–Trinajstić information content (AvgIpc) is 2.71. The molecular weight excluding hydrogens is 386 g/mol. The second-order valence-electron chi connectivity index (χ2n) is 7.10. The van der Waals surface area contributed by atoms with Crippen LogP contribution in [0.2, 0.25) is 0 Å². The normalized spacial score (nSPS) is 19.0. The second-order valence-corrected chi connectivity index (χ2v) is 8.49. The molecule has 156 valence electrons. The molecule has 2 aliphatic rings. The van der Waals surface area contributed by atoms with Crippen LogP contribution in [0.5, 0.6) is 5.75 Å². The molecule has 1 aliphatic heterocycles. The van der Waals surface area contributed by atoms with Gasteiger partial charge in [0.05, 0.1) is 12.2 Å². The number of carbonyl (C=O) groups is 2. The number of nitrogens with one attached hydrogen (secondary N) is 1. The first-order valence-corrected chi connectivity index (χ1v) is 11.4. The predicted octanol–water partition coefficient (Wildman–Crippen LogP) is 4.35. The van der Waals surface area contributed by atoms with Gasteiger partial charge in [0.2, 0.25) is 0 Å². The fraction of sp³-hybridized carbons (Fsp3) is 0.478. The Morgan fingerprint density at radius 2 is 1.97 bits per heavy atom. The third-order valence-electron chi connectivity index (χ3n) is 5.19. The minimum Gasteiger partial charge on any atom is -0.494 e. The molecule has 1 atom stereocenters. The molecule has 29 heavy (non-hydrogen) atoms. The number of benzene rings is 1. The number of carbonyl (C=O) groups excluding carboxylic acids is 2. The molecule has 1 aromatic rings. The van der Waals surface area contributed by atoms with Crippen LogP contribution in [0.1, 0.15) is 51.5 Å². The van der Waals surface area contributed by atoms with Crippen molar-refractivity contribution in [3.05, 3.63) is 52.4 Å². The zero-order chi connectivity index (χ0) is 20.8. The molecule has 0 unspecified atom stereocenters. The van der Waals surface area contributed by atoms with Gasteiger partial charge in [0.25, 0.3) is 0 Å². The van der Waals surface area contributed by atoms with Crippen molar-refractivity contribution in [1.29, 1.82) is 0 Å². The van der Waals surface area contributed by atoms with Crippen molar-refractivity contribution in [2.75, 3.05) is 24.7 Å². The van der Waals surface area contributed by atoms with Crippen LogP contribution in [-0.4, -0.2) is 36.5 Å². The van der Waals surface area contributed by atoms with Crippen LogP contribution in [-0.2, 0) is 14.3 Å². The monoisotopic (exact) mass is 415 g/mol. The zero-order valence-corrected chi connectivity index (χ0v) is 18.2. The van der Waals surface area contributed by atoms with Gasteiger partial charge in [-0.2, -0.15) is 11.8 Å². The minimum absolute atomic E-state index is 0.108. The highest BCUT2D eigenvalue weighted by Gasteiger charge is 2.39. The topological polar surface area (TPSA) is 64.6 Å². The molecule has 5 nitrogen and oxygen atoms in total.